The summed E-state index contributed by atoms with van der Waals surface area (Å²) < 4.78 is 38.8. The number of hydrogen-bond acceptors (Lipinski definition) is 6. The van der Waals surface area contributed by atoms with E-state index in [1.165, 1.54) is 24.3 Å². The van der Waals surface area contributed by atoms with Crippen molar-refractivity contribution in [1.29, 1.82) is 0 Å². The van der Waals surface area contributed by atoms with Crippen molar-refractivity contribution < 1.29 is 27.4 Å². The van der Waals surface area contributed by atoms with Crippen molar-refractivity contribution in [3.63, 3.8) is 0 Å². The number of carbonyl (C=O) groups is 1. The van der Waals surface area contributed by atoms with Crippen LogP contribution in [-0.4, -0.2) is 34.2 Å². The second kappa shape index (κ2) is 8.84. The lowest BCUT2D eigenvalue weighted by Gasteiger charge is -2.09. The molecule has 7 nitrogen and oxygen atoms in total. The Bertz CT molecular complexity index is 806. The standard InChI is InChI=1S/C16H16BrNO6S/c17-12-1-3-14(4-2-12)24-11-16(19)23-10-9-22-13-5-7-15(8-6-13)25(18,20)21/h1-8H,9-11H2,(H2,18,20,21). The minimum absolute atomic E-state index is 0.00336. The van der Waals surface area contributed by atoms with Crippen molar-refractivity contribution in [2.75, 3.05) is 19.8 Å². The minimum Gasteiger partial charge on any atom is -0.490 e. The third kappa shape index (κ3) is 6.73. The molecule has 25 heavy (non-hydrogen) atoms. The molecule has 2 N–H and O–H groups in total. The van der Waals surface area contributed by atoms with Crippen LogP contribution in [0.3, 0.4) is 0 Å². The molecule has 0 saturated heterocycles. The molecule has 2 aromatic rings. The number of hydrogen-bond donors (Lipinski definition) is 1. The van der Waals surface area contributed by atoms with Gasteiger partial charge in [0, 0.05) is 4.47 Å². The molecule has 0 atom stereocenters. The number of carbonyl (C=O) groups excluding carboxylic acids is 1. The van der Waals surface area contributed by atoms with Gasteiger partial charge in [-0.15, -0.1) is 0 Å². The Balaban J connectivity index is 1.66. The molecule has 2 aromatic carbocycles. The summed E-state index contributed by atoms with van der Waals surface area (Å²) in [6.45, 7) is -0.0388. The summed E-state index contributed by atoms with van der Waals surface area (Å²) in [5.41, 5.74) is 0. The third-order valence-electron chi connectivity index (χ3n) is 2.94. The zero-order valence-electron chi connectivity index (χ0n) is 13.1. The molecule has 0 saturated carbocycles. The van der Waals surface area contributed by atoms with Gasteiger partial charge >= 0.3 is 5.97 Å². The van der Waals surface area contributed by atoms with Gasteiger partial charge in [0.15, 0.2) is 6.61 Å². The molecule has 0 fully saturated rings. The van der Waals surface area contributed by atoms with Crippen LogP contribution in [0.4, 0.5) is 0 Å². The first-order chi connectivity index (χ1) is 11.8. The fraction of sp³-hybridized carbons (Fsp3) is 0.188. The highest BCUT2D eigenvalue weighted by atomic mass is 79.9. The van der Waals surface area contributed by atoms with Crippen molar-refractivity contribution in [2.45, 2.75) is 4.90 Å². The van der Waals surface area contributed by atoms with Gasteiger partial charge < -0.3 is 14.2 Å². The van der Waals surface area contributed by atoms with Gasteiger partial charge in [0.05, 0.1) is 4.90 Å². The largest absolute Gasteiger partial charge is 0.490 e. The predicted octanol–water partition coefficient (Wildman–Crippen LogP) is 2.10. The first-order valence-electron chi connectivity index (χ1n) is 7.14. The highest BCUT2D eigenvalue weighted by molar-refractivity contribution is 9.10. The normalized spacial score (nSPS) is 11.0. The van der Waals surface area contributed by atoms with Gasteiger partial charge in [0.1, 0.15) is 24.7 Å². The molecule has 0 aliphatic carbocycles. The van der Waals surface area contributed by atoms with Crippen LogP contribution in [0, 0.1) is 0 Å². The molecule has 0 amide bonds. The summed E-state index contributed by atoms with van der Waals surface area (Å²) in [4.78, 5) is 11.6. The quantitative estimate of drug-likeness (QED) is 0.508. The Morgan fingerprint density at radius 2 is 1.48 bits per heavy atom. The predicted molar refractivity (Wildman–Crippen MR) is 93.9 cm³/mol. The summed E-state index contributed by atoms with van der Waals surface area (Å²) in [5.74, 6) is 0.483. The molecule has 0 unspecified atom stereocenters. The maximum atomic E-state index is 11.6. The number of halogens is 1. The van der Waals surface area contributed by atoms with E-state index in [0.717, 1.165) is 4.47 Å². The minimum atomic E-state index is -3.73. The number of sulfonamides is 1. The van der Waals surface area contributed by atoms with E-state index in [2.05, 4.69) is 15.9 Å². The molecule has 0 radical (unpaired) electrons. The molecule has 9 heteroatoms. The van der Waals surface area contributed by atoms with Gasteiger partial charge in [-0.2, -0.15) is 0 Å². The fourth-order valence-corrected chi connectivity index (χ4v) is 2.54. The molecular formula is C16H16BrNO6S. The Kier molecular flexibility index (Phi) is 6.80. The third-order valence-corrected chi connectivity index (χ3v) is 4.40. The molecule has 0 aliphatic rings. The van der Waals surface area contributed by atoms with E-state index in [9.17, 15) is 13.2 Å². The van der Waals surface area contributed by atoms with Crippen molar-refractivity contribution in [3.8, 4) is 11.5 Å². The van der Waals surface area contributed by atoms with Crippen LogP contribution in [0.25, 0.3) is 0 Å². The number of esters is 1. The van der Waals surface area contributed by atoms with Gasteiger partial charge in [0.25, 0.3) is 0 Å². The maximum absolute atomic E-state index is 11.6. The molecule has 0 bridgehead atoms. The van der Waals surface area contributed by atoms with Crippen molar-refractivity contribution in [2.24, 2.45) is 5.14 Å². The lowest BCUT2D eigenvalue weighted by molar-refractivity contribution is -0.146. The van der Waals surface area contributed by atoms with Gasteiger partial charge in [-0.1, -0.05) is 15.9 Å². The highest BCUT2D eigenvalue weighted by Gasteiger charge is 2.07. The number of benzene rings is 2. The van der Waals surface area contributed by atoms with Crippen molar-refractivity contribution in [1.82, 2.24) is 0 Å². The van der Waals surface area contributed by atoms with E-state index in [1.807, 2.05) is 0 Å². The lowest BCUT2D eigenvalue weighted by atomic mass is 10.3. The second-order valence-corrected chi connectivity index (χ2v) is 7.31. The van der Waals surface area contributed by atoms with E-state index >= 15 is 0 Å². The summed E-state index contributed by atoms with van der Waals surface area (Å²) in [6.07, 6.45) is 0. The molecule has 0 spiro atoms. The molecule has 2 rings (SSSR count). The SMILES string of the molecule is NS(=O)(=O)c1ccc(OCCOC(=O)COc2ccc(Br)cc2)cc1. The van der Waals surface area contributed by atoms with Gasteiger partial charge in [-0.05, 0) is 48.5 Å². The fourth-order valence-electron chi connectivity index (χ4n) is 1.76. The van der Waals surface area contributed by atoms with Crippen LogP contribution < -0.4 is 14.6 Å². The van der Waals surface area contributed by atoms with E-state index in [1.54, 1.807) is 24.3 Å². The zero-order chi connectivity index (χ0) is 18.3. The Hall–Kier alpha value is -2.10. The zero-order valence-corrected chi connectivity index (χ0v) is 15.5. The van der Waals surface area contributed by atoms with Crippen LogP contribution in [0.1, 0.15) is 0 Å². The number of rotatable bonds is 8. The Morgan fingerprint density at radius 1 is 0.920 bits per heavy atom. The van der Waals surface area contributed by atoms with E-state index < -0.39 is 16.0 Å². The van der Waals surface area contributed by atoms with Crippen molar-refractivity contribution >= 4 is 31.9 Å². The van der Waals surface area contributed by atoms with Crippen molar-refractivity contribution in [3.05, 3.63) is 53.0 Å². The number of ether oxygens (including phenoxy) is 3. The Morgan fingerprint density at radius 3 is 2.08 bits per heavy atom. The number of primary sulfonamides is 1. The summed E-state index contributed by atoms with van der Waals surface area (Å²) in [7, 11) is -3.73. The van der Waals surface area contributed by atoms with E-state index in [4.69, 9.17) is 19.3 Å². The average Bonchev–Trinajstić information content (AvgIpc) is 2.58. The van der Waals surface area contributed by atoms with Gasteiger partial charge in [-0.25, -0.2) is 18.4 Å². The first kappa shape index (κ1) is 19.2. The molecular weight excluding hydrogens is 414 g/mol. The lowest BCUT2D eigenvalue weighted by Crippen LogP contribution is -2.18. The molecule has 0 aliphatic heterocycles. The molecule has 0 heterocycles. The summed E-state index contributed by atoms with van der Waals surface area (Å²) in [6, 6.07) is 12.7. The average molecular weight is 430 g/mol. The molecule has 134 valence electrons. The summed E-state index contributed by atoms with van der Waals surface area (Å²) >= 11 is 3.30. The van der Waals surface area contributed by atoms with Crippen LogP contribution in [0.15, 0.2) is 57.9 Å². The van der Waals surface area contributed by atoms with Crippen LogP contribution in [0.5, 0.6) is 11.5 Å². The highest BCUT2D eigenvalue weighted by Crippen LogP contribution is 2.16. The second-order valence-electron chi connectivity index (χ2n) is 4.83. The monoisotopic (exact) mass is 429 g/mol. The van der Waals surface area contributed by atoms with E-state index in [0.29, 0.717) is 11.5 Å². The van der Waals surface area contributed by atoms with Crippen LogP contribution in [-0.2, 0) is 19.6 Å². The van der Waals surface area contributed by atoms with Crippen LogP contribution in [0.2, 0.25) is 0 Å². The molecule has 0 aromatic heterocycles. The topological polar surface area (TPSA) is 105 Å². The first-order valence-corrected chi connectivity index (χ1v) is 9.48. The Labute approximate surface area is 153 Å². The van der Waals surface area contributed by atoms with Gasteiger partial charge in [0.2, 0.25) is 10.0 Å². The van der Waals surface area contributed by atoms with E-state index in [-0.39, 0.29) is 24.7 Å². The number of nitrogens with two attached hydrogens (primary N) is 1. The maximum Gasteiger partial charge on any atom is 0.344 e. The smallest absolute Gasteiger partial charge is 0.344 e. The van der Waals surface area contributed by atoms with Gasteiger partial charge in [-0.3, -0.25) is 0 Å². The summed E-state index contributed by atoms with van der Waals surface area (Å²) in [5, 5.41) is 5.00. The van der Waals surface area contributed by atoms with Crippen LogP contribution >= 0.6 is 15.9 Å².